The minimum atomic E-state index is -0.911. The highest BCUT2D eigenvalue weighted by Crippen LogP contribution is 2.61. The fraction of sp³-hybridized carbons (Fsp3) is 0.818. The highest BCUT2D eigenvalue weighted by Gasteiger charge is 2.68. The first-order valence-electron chi connectivity index (χ1n) is 5.22. The molecule has 82 valence electrons. The highest BCUT2D eigenvalue weighted by atomic mass is 16.5. The Morgan fingerprint density at radius 3 is 2.67 bits per heavy atom. The number of hydrogen-bond donors (Lipinski definition) is 1. The van der Waals surface area contributed by atoms with Crippen LogP contribution >= 0.6 is 0 Å². The molecule has 2 heterocycles. The Bertz CT molecular complexity index is 348. The molecule has 0 aromatic heterocycles. The summed E-state index contributed by atoms with van der Waals surface area (Å²) in [6, 6.07) is 2.10. The van der Waals surface area contributed by atoms with Crippen molar-refractivity contribution in [2.45, 2.75) is 45.3 Å². The van der Waals surface area contributed by atoms with Crippen molar-refractivity contribution in [1.29, 1.82) is 5.26 Å². The summed E-state index contributed by atoms with van der Waals surface area (Å²) in [4.78, 5) is 11.4. The molecule has 2 rings (SSSR count). The van der Waals surface area contributed by atoms with Gasteiger partial charge < -0.3 is 9.84 Å². The summed E-state index contributed by atoms with van der Waals surface area (Å²) >= 11 is 0. The predicted octanol–water partition coefficient (Wildman–Crippen LogP) is 1.56. The molecule has 0 aliphatic carbocycles. The van der Waals surface area contributed by atoms with Crippen LogP contribution < -0.4 is 0 Å². The molecular weight excluding hydrogens is 194 g/mol. The third-order valence-corrected chi connectivity index (χ3v) is 4.45. The molecule has 2 bridgehead atoms. The van der Waals surface area contributed by atoms with Gasteiger partial charge in [0.05, 0.1) is 23.7 Å². The SMILES string of the molecule is C[C@]1(CC#N)C2CCC(O2)[C@@]1(C)C(=O)O. The van der Waals surface area contributed by atoms with Crippen LogP contribution in [0.3, 0.4) is 0 Å². The fourth-order valence-corrected chi connectivity index (χ4v) is 3.08. The predicted molar refractivity (Wildman–Crippen MR) is 52.0 cm³/mol. The van der Waals surface area contributed by atoms with Gasteiger partial charge in [-0.3, -0.25) is 4.79 Å². The van der Waals surface area contributed by atoms with E-state index in [9.17, 15) is 9.90 Å². The van der Waals surface area contributed by atoms with Gasteiger partial charge in [-0.1, -0.05) is 6.92 Å². The summed E-state index contributed by atoms with van der Waals surface area (Å²) in [7, 11) is 0. The molecule has 2 fully saturated rings. The molecule has 4 nitrogen and oxygen atoms in total. The Balaban J connectivity index is 2.44. The summed E-state index contributed by atoms with van der Waals surface area (Å²) in [6.07, 6.45) is 1.64. The van der Waals surface area contributed by atoms with Crippen molar-refractivity contribution in [3.05, 3.63) is 0 Å². The zero-order valence-electron chi connectivity index (χ0n) is 8.99. The number of nitriles is 1. The molecule has 0 spiro atoms. The van der Waals surface area contributed by atoms with Crippen molar-refractivity contribution in [1.82, 2.24) is 0 Å². The van der Waals surface area contributed by atoms with Crippen LogP contribution in [0.25, 0.3) is 0 Å². The van der Waals surface area contributed by atoms with Crippen LogP contribution in [-0.4, -0.2) is 23.3 Å². The van der Waals surface area contributed by atoms with E-state index in [4.69, 9.17) is 10.00 Å². The zero-order valence-corrected chi connectivity index (χ0v) is 8.99. The topological polar surface area (TPSA) is 70.3 Å². The summed E-state index contributed by atoms with van der Waals surface area (Å²) in [5.41, 5.74) is -1.46. The largest absolute Gasteiger partial charge is 0.481 e. The van der Waals surface area contributed by atoms with Crippen molar-refractivity contribution >= 4 is 5.97 Å². The average Bonchev–Trinajstić information content (AvgIpc) is 2.70. The molecule has 2 saturated heterocycles. The lowest BCUT2D eigenvalue weighted by atomic mass is 9.56. The quantitative estimate of drug-likeness (QED) is 0.749. The number of aliphatic carboxylic acids is 1. The molecule has 2 aliphatic rings. The molecule has 4 heteroatoms. The molecule has 0 aromatic rings. The molecule has 0 aromatic carbocycles. The first-order valence-corrected chi connectivity index (χ1v) is 5.22. The number of carboxylic acids is 1. The van der Waals surface area contributed by atoms with E-state index >= 15 is 0 Å². The number of nitrogens with zero attached hydrogens (tertiary/aromatic N) is 1. The maximum absolute atomic E-state index is 11.4. The molecule has 0 saturated carbocycles. The first-order chi connectivity index (χ1) is 6.96. The Morgan fingerprint density at radius 1 is 1.53 bits per heavy atom. The van der Waals surface area contributed by atoms with E-state index in [1.165, 1.54) is 0 Å². The van der Waals surface area contributed by atoms with Gasteiger partial charge in [-0.2, -0.15) is 5.26 Å². The van der Waals surface area contributed by atoms with Crippen LogP contribution in [0.2, 0.25) is 0 Å². The molecule has 15 heavy (non-hydrogen) atoms. The molecule has 4 atom stereocenters. The van der Waals surface area contributed by atoms with Crippen molar-refractivity contribution in [2.75, 3.05) is 0 Å². The van der Waals surface area contributed by atoms with Gasteiger partial charge >= 0.3 is 5.97 Å². The van der Waals surface area contributed by atoms with Crippen LogP contribution in [0.5, 0.6) is 0 Å². The molecule has 2 unspecified atom stereocenters. The average molecular weight is 209 g/mol. The van der Waals surface area contributed by atoms with Crippen molar-refractivity contribution in [3.63, 3.8) is 0 Å². The lowest BCUT2D eigenvalue weighted by Gasteiger charge is -2.42. The maximum atomic E-state index is 11.4. The number of rotatable bonds is 2. The van der Waals surface area contributed by atoms with E-state index in [2.05, 4.69) is 6.07 Å². The van der Waals surface area contributed by atoms with Crippen LogP contribution in [0.15, 0.2) is 0 Å². The normalized spacial score (nSPS) is 47.8. The van der Waals surface area contributed by atoms with Gasteiger partial charge in [0.2, 0.25) is 0 Å². The zero-order chi connectivity index (χ0) is 11.3. The van der Waals surface area contributed by atoms with E-state index in [1.807, 2.05) is 6.92 Å². The van der Waals surface area contributed by atoms with Crippen LogP contribution in [0, 0.1) is 22.2 Å². The highest BCUT2D eigenvalue weighted by molar-refractivity contribution is 5.77. The summed E-state index contributed by atoms with van der Waals surface area (Å²) in [5, 5.41) is 18.2. The van der Waals surface area contributed by atoms with Gasteiger partial charge in [-0.05, 0) is 19.8 Å². The number of fused-ring (bicyclic) bond motifs is 2. The second-order valence-electron chi connectivity index (χ2n) is 4.95. The van der Waals surface area contributed by atoms with E-state index in [0.717, 1.165) is 12.8 Å². The Kier molecular flexibility index (Phi) is 2.06. The second kappa shape index (κ2) is 2.96. The van der Waals surface area contributed by atoms with Gasteiger partial charge in [-0.25, -0.2) is 0 Å². The lowest BCUT2D eigenvalue weighted by Crippen LogP contribution is -2.51. The van der Waals surface area contributed by atoms with Gasteiger partial charge in [0.1, 0.15) is 0 Å². The Hall–Kier alpha value is -1.08. The minimum Gasteiger partial charge on any atom is -0.481 e. The number of hydrogen-bond acceptors (Lipinski definition) is 3. The number of carboxylic acid groups (broad SMARTS) is 1. The fourth-order valence-electron chi connectivity index (χ4n) is 3.08. The van der Waals surface area contributed by atoms with Crippen LogP contribution in [0.1, 0.15) is 33.1 Å². The summed E-state index contributed by atoms with van der Waals surface area (Å²) in [5.74, 6) is -0.840. The van der Waals surface area contributed by atoms with Gasteiger partial charge in [0.25, 0.3) is 0 Å². The van der Waals surface area contributed by atoms with Crippen molar-refractivity contribution in [3.8, 4) is 6.07 Å². The minimum absolute atomic E-state index is 0.0664. The van der Waals surface area contributed by atoms with Crippen LogP contribution in [0.4, 0.5) is 0 Å². The molecular formula is C11H15NO3. The number of carbonyl (C=O) groups is 1. The molecule has 0 amide bonds. The van der Waals surface area contributed by atoms with E-state index < -0.39 is 16.8 Å². The van der Waals surface area contributed by atoms with Crippen LogP contribution in [-0.2, 0) is 9.53 Å². The second-order valence-corrected chi connectivity index (χ2v) is 4.95. The van der Waals surface area contributed by atoms with Crippen molar-refractivity contribution in [2.24, 2.45) is 10.8 Å². The van der Waals surface area contributed by atoms with E-state index in [-0.39, 0.29) is 18.6 Å². The van der Waals surface area contributed by atoms with Gasteiger partial charge in [-0.15, -0.1) is 0 Å². The summed E-state index contributed by atoms with van der Waals surface area (Å²) in [6.45, 7) is 3.59. The summed E-state index contributed by atoms with van der Waals surface area (Å²) < 4.78 is 5.69. The van der Waals surface area contributed by atoms with E-state index in [1.54, 1.807) is 6.92 Å². The first kappa shape index (κ1) is 10.4. The molecule has 0 radical (unpaired) electrons. The third kappa shape index (κ3) is 1.02. The lowest BCUT2D eigenvalue weighted by molar-refractivity contribution is -0.157. The molecule has 1 N–H and O–H groups in total. The third-order valence-electron chi connectivity index (χ3n) is 4.45. The monoisotopic (exact) mass is 209 g/mol. The Labute approximate surface area is 88.8 Å². The smallest absolute Gasteiger partial charge is 0.312 e. The van der Waals surface area contributed by atoms with Gasteiger partial charge in [0, 0.05) is 11.8 Å². The van der Waals surface area contributed by atoms with Crippen molar-refractivity contribution < 1.29 is 14.6 Å². The standard InChI is InChI=1S/C11H15NO3/c1-10(5-6-12)7-3-4-8(15-7)11(10,2)9(13)14/h7-8H,3-5H2,1-2H3,(H,13,14)/t7?,8?,10-,11-/m0/s1. The maximum Gasteiger partial charge on any atom is 0.312 e. The van der Waals surface area contributed by atoms with Gasteiger partial charge in [0.15, 0.2) is 0 Å². The van der Waals surface area contributed by atoms with E-state index in [0.29, 0.717) is 0 Å². The Morgan fingerprint density at radius 2 is 2.13 bits per heavy atom. The molecule has 2 aliphatic heterocycles. The number of ether oxygens (including phenoxy) is 1.